The van der Waals surface area contributed by atoms with Crippen LogP contribution in [0.3, 0.4) is 0 Å². The zero-order valence-electron chi connectivity index (χ0n) is 9.44. The van der Waals surface area contributed by atoms with Crippen LogP contribution in [0.1, 0.15) is 0 Å². The van der Waals surface area contributed by atoms with Gasteiger partial charge >= 0.3 is 0 Å². The summed E-state index contributed by atoms with van der Waals surface area (Å²) in [4.78, 5) is 37.9. The van der Waals surface area contributed by atoms with Crippen molar-refractivity contribution in [3.05, 3.63) is 6.33 Å². The molecule has 0 spiro atoms. The van der Waals surface area contributed by atoms with Gasteiger partial charge in [-0.3, -0.25) is 14.4 Å². The smallest absolute Gasteiger partial charge is 0.245 e. The third-order valence-corrected chi connectivity index (χ3v) is 1.90. The molecule has 0 fully saturated rings. The predicted molar refractivity (Wildman–Crippen MR) is 59.4 cm³/mol. The molecule has 0 saturated heterocycles. The first kappa shape index (κ1) is 13.4. The summed E-state index contributed by atoms with van der Waals surface area (Å²) in [5, 5.41) is 3.69. The van der Waals surface area contributed by atoms with Crippen molar-refractivity contribution in [2.75, 3.05) is 18.8 Å². The Kier molecular flexibility index (Phi) is 4.18. The molecule has 0 unspecified atom stereocenters. The SMILES string of the molecule is NC(=O)CN(CC(N)=O)C(=O)Cn1cnc(N)n1. The quantitative estimate of drug-likeness (QED) is 0.481. The second-order valence-corrected chi connectivity index (χ2v) is 3.48. The number of nitrogens with zero attached hydrogens (tertiary/aromatic N) is 4. The first-order valence-corrected chi connectivity index (χ1v) is 4.87. The number of carbonyl (C=O) groups excluding carboxylic acids is 3. The highest BCUT2D eigenvalue weighted by Gasteiger charge is 2.18. The van der Waals surface area contributed by atoms with Crippen LogP contribution >= 0.6 is 0 Å². The Morgan fingerprint density at radius 1 is 1.22 bits per heavy atom. The molecule has 1 heterocycles. The van der Waals surface area contributed by atoms with E-state index in [0.29, 0.717) is 0 Å². The number of aromatic nitrogens is 3. The first-order valence-electron chi connectivity index (χ1n) is 4.87. The maximum absolute atomic E-state index is 11.8. The molecule has 0 saturated carbocycles. The molecule has 1 rings (SSSR count). The Morgan fingerprint density at radius 2 is 1.78 bits per heavy atom. The van der Waals surface area contributed by atoms with E-state index in [2.05, 4.69) is 10.1 Å². The molecule has 1 aromatic rings. The molecule has 3 amide bonds. The molecule has 6 N–H and O–H groups in total. The van der Waals surface area contributed by atoms with Gasteiger partial charge in [-0.25, -0.2) is 9.67 Å². The summed E-state index contributed by atoms with van der Waals surface area (Å²) in [6.45, 7) is -1.01. The fourth-order valence-electron chi connectivity index (χ4n) is 1.23. The van der Waals surface area contributed by atoms with Crippen molar-refractivity contribution in [3.63, 3.8) is 0 Å². The molecule has 0 aromatic carbocycles. The van der Waals surface area contributed by atoms with Gasteiger partial charge in [0, 0.05) is 0 Å². The van der Waals surface area contributed by atoms with Gasteiger partial charge in [0.1, 0.15) is 12.9 Å². The van der Waals surface area contributed by atoms with Crippen LogP contribution < -0.4 is 17.2 Å². The van der Waals surface area contributed by atoms with Gasteiger partial charge in [0.2, 0.25) is 23.7 Å². The van der Waals surface area contributed by atoms with Crippen LogP contribution in [-0.4, -0.2) is 50.5 Å². The third kappa shape index (κ3) is 4.08. The third-order valence-electron chi connectivity index (χ3n) is 1.90. The lowest BCUT2D eigenvalue weighted by Crippen LogP contribution is -2.44. The normalized spacial score (nSPS) is 10.0. The minimum atomic E-state index is -0.747. The molecule has 10 heteroatoms. The summed E-state index contributed by atoms with van der Waals surface area (Å²) in [7, 11) is 0. The lowest BCUT2D eigenvalue weighted by Gasteiger charge is -2.19. The average Bonchev–Trinajstić information content (AvgIpc) is 2.61. The number of rotatable bonds is 6. The largest absolute Gasteiger partial charge is 0.368 e. The molecule has 0 aliphatic rings. The Hall–Kier alpha value is -2.65. The van der Waals surface area contributed by atoms with E-state index in [0.717, 1.165) is 4.90 Å². The highest BCUT2D eigenvalue weighted by molar-refractivity contribution is 5.87. The molecule has 0 bridgehead atoms. The maximum atomic E-state index is 11.8. The molecule has 1 aromatic heterocycles. The Balaban J connectivity index is 2.69. The fourth-order valence-corrected chi connectivity index (χ4v) is 1.23. The van der Waals surface area contributed by atoms with Crippen LogP contribution in [-0.2, 0) is 20.9 Å². The van der Waals surface area contributed by atoms with Gasteiger partial charge in [0.15, 0.2) is 0 Å². The fraction of sp³-hybridized carbons (Fsp3) is 0.375. The van der Waals surface area contributed by atoms with E-state index in [9.17, 15) is 14.4 Å². The molecular weight excluding hydrogens is 242 g/mol. The van der Waals surface area contributed by atoms with Crippen molar-refractivity contribution in [1.29, 1.82) is 0 Å². The zero-order chi connectivity index (χ0) is 13.7. The van der Waals surface area contributed by atoms with Gasteiger partial charge in [-0.05, 0) is 0 Å². The first-order chi connectivity index (χ1) is 8.38. The number of anilines is 1. The maximum Gasteiger partial charge on any atom is 0.245 e. The number of nitrogen functional groups attached to an aromatic ring is 1. The van der Waals surface area contributed by atoms with Gasteiger partial charge in [-0.1, -0.05) is 0 Å². The molecule has 10 nitrogen and oxygen atoms in total. The van der Waals surface area contributed by atoms with E-state index in [1.807, 2.05) is 0 Å². The predicted octanol–water partition coefficient (Wildman–Crippen LogP) is -3.34. The van der Waals surface area contributed by atoms with Crippen molar-refractivity contribution in [1.82, 2.24) is 19.7 Å². The number of nitrogens with two attached hydrogens (primary N) is 3. The topological polar surface area (TPSA) is 163 Å². The van der Waals surface area contributed by atoms with Crippen molar-refractivity contribution in [3.8, 4) is 0 Å². The highest BCUT2D eigenvalue weighted by atomic mass is 16.2. The summed E-state index contributed by atoms with van der Waals surface area (Å²) in [5.41, 5.74) is 15.2. The van der Waals surface area contributed by atoms with Gasteiger partial charge in [-0.15, -0.1) is 5.10 Å². The number of primary amides is 2. The van der Waals surface area contributed by atoms with Crippen molar-refractivity contribution in [2.45, 2.75) is 6.54 Å². The van der Waals surface area contributed by atoms with Crippen LogP contribution in [0, 0.1) is 0 Å². The summed E-state index contributed by atoms with van der Waals surface area (Å²) in [6.07, 6.45) is 1.25. The zero-order valence-corrected chi connectivity index (χ0v) is 9.44. The van der Waals surface area contributed by atoms with Crippen molar-refractivity contribution < 1.29 is 14.4 Å². The van der Waals surface area contributed by atoms with E-state index in [-0.39, 0.29) is 12.5 Å². The van der Waals surface area contributed by atoms with Gasteiger partial charge in [-0.2, -0.15) is 0 Å². The Labute approximate surface area is 102 Å². The number of carbonyl (C=O) groups is 3. The summed E-state index contributed by atoms with van der Waals surface area (Å²) < 4.78 is 1.17. The Bertz CT molecular complexity index is 453. The summed E-state index contributed by atoms with van der Waals surface area (Å²) in [6, 6.07) is 0. The molecule has 0 aliphatic heterocycles. The standard InChI is InChI=1S/C8H13N7O3/c9-5(16)1-14(2-6(10)17)7(18)3-15-4-12-8(11)13-15/h4H,1-3H2,(H2,9,16)(H2,10,17)(H2,11,13). The molecule has 0 radical (unpaired) electrons. The molecular formula is C8H13N7O3. The monoisotopic (exact) mass is 255 g/mol. The lowest BCUT2D eigenvalue weighted by molar-refractivity contribution is -0.138. The summed E-state index contributed by atoms with van der Waals surface area (Å²) >= 11 is 0. The van der Waals surface area contributed by atoms with Crippen molar-refractivity contribution in [2.24, 2.45) is 11.5 Å². The summed E-state index contributed by atoms with van der Waals surface area (Å²) in [5.74, 6) is -2.03. The number of hydrogen-bond acceptors (Lipinski definition) is 6. The Morgan fingerprint density at radius 3 is 2.17 bits per heavy atom. The average molecular weight is 255 g/mol. The minimum Gasteiger partial charge on any atom is -0.368 e. The van der Waals surface area contributed by atoms with Crippen LogP contribution in [0.5, 0.6) is 0 Å². The van der Waals surface area contributed by atoms with Gasteiger partial charge in [0.05, 0.1) is 13.1 Å². The van der Waals surface area contributed by atoms with E-state index < -0.39 is 30.8 Å². The molecule has 98 valence electrons. The van der Waals surface area contributed by atoms with E-state index in [1.54, 1.807) is 0 Å². The van der Waals surface area contributed by atoms with Crippen LogP contribution in [0.15, 0.2) is 6.33 Å². The van der Waals surface area contributed by atoms with Gasteiger partial charge < -0.3 is 22.1 Å². The van der Waals surface area contributed by atoms with Gasteiger partial charge in [0.25, 0.3) is 0 Å². The van der Waals surface area contributed by atoms with Crippen molar-refractivity contribution >= 4 is 23.7 Å². The highest BCUT2D eigenvalue weighted by Crippen LogP contribution is 1.95. The van der Waals surface area contributed by atoms with E-state index in [1.165, 1.54) is 11.0 Å². The molecule has 18 heavy (non-hydrogen) atoms. The van der Waals surface area contributed by atoms with E-state index >= 15 is 0 Å². The number of amides is 3. The second kappa shape index (κ2) is 5.61. The van der Waals surface area contributed by atoms with Crippen LogP contribution in [0.25, 0.3) is 0 Å². The minimum absolute atomic E-state index is 0.0131. The lowest BCUT2D eigenvalue weighted by atomic mass is 10.4. The van der Waals surface area contributed by atoms with Crippen LogP contribution in [0.4, 0.5) is 5.95 Å². The second-order valence-electron chi connectivity index (χ2n) is 3.48. The molecule has 0 atom stereocenters. The number of hydrogen-bond donors (Lipinski definition) is 3. The van der Waals surface area contributed by atoms with Crippen LogP contribution in [0.2, 0.25) is 0 Å². The van der Waals surface area contributed by atoms with E-state index in [4.69, 9.17) is 17.2 Å². The molecule has 0 aliphatic carbocycles.